The van der Waals surface area contributed by atoms with Crippen LogP contribution >= 0.6 is 11.5 Å². The zero-order valence-corrected chi connectivity index (χ0v) is 9.25. The van der Waals surface area contributed by atoms with Crippen LogP contribution in [-0.2, 0) is 0 Å². The predicted octanol–water partition coefficient (Wildman–Crippen LogP) is 2.79. The van der Waals surface area contributed by atoms with Crippen LogP contribution in [0.3, 0.4) is 0 Å². The van der Waals surface area contributed by atoms with Gasteiger partial charge in [-0.2, -0.15) is 4.37 Å². The van der Waals surface area contributed by atoms with Gasteiger partial charge in [0.1, 0.15) is 11.6 Å². The predicted molar refractivity (Wildman–Crippen MR) is 63.1 cm³/mol. The summed E-state index contributed by atoms with van der Waals surface area (Å²) in [6.45, 7) is 2.66. The monoisotopic (exact) mass is 220 g/mol. The molecule has 0 spiro atoms. The minimum absolute atomic E-state index is 0.573. The molecule has 4 heteroatoms. The topological polar surface area (TPSA) is 48.1 Å². The lowest BCUT2D eigenvalue weighted by atomic mass is 10.2. The molecule has 2 N–H and O–H groups in total. The standard InChI is InChI=1S/C11H12N2OS/c1-2-14-9-5-3-8(4-6-9)10-7-11(12)13-15-10/h3-7H,2H2,1H3,(H2,12,13). The van der Waals surface area contributed by atoms with Crippen molar-refractivity contribution in [1.29, 1.82) is 0 Å². The Labute approximate surface area is 92.7 Å². The summed E-state index contributed by atoms with van der Waals surface area (Å²) < 4.78 is 9.40. The summed E-state index contributed by atoms with van der Waals surface area (Å²) in [5.74, 6) is 1.46. The molecule has 2 aromatic rings. The van der Waals surface area contributed by atoms with Crippen LogP contribution in [0.5, 0.6) is 5.75 Å². The fourth-order valence-electron chi connectivity index (χ4n) is 1.31. The van der Waals surface area contributed by atoms with Crippen LogP contribution in [0.25, 0.3) is 10.4 Å². The number of nitrogen functional groups attached to an aromatic ring is 1. The summed E-state index contributed by atoms with van der Waals surface area (Å²) >= 11 is 1.41. The highest BCUT2D eigenvalue weighted by Crippen LogP contribution is 2.27. The van der Waals surface area contributed by atoms with Crippen molar-refractivity contribution in [3.8, 4) is 16.2 Å². The first-order valence-corrected chi connectivity index (χ1v) is 5.52. The van der Waals surface area contributed by atoms with Crippen LogP contribution < -0.4 is 10.5 Å². The van der Waals surface area contributed by atoms with Gasteiger partial charge in [-0.3, -0.25) is 0 Å². The number of hydrogen-bond donors (Lipinski definition) is 1. The summed E-state index contributed by atoms with van der Waals surface area (Å²) in [5, 5.41) is 0. The van der Waals surface area contributed by atoms with Crippen molar-refractivity contribution < 1.29 is 4.74 Å². The summed E-state index contributed by atoms with van der Waals surface area (Å²) in [7, 11) is 0. The Bertz CT molecular complexity index is 436. The molecule has 0 amide bonds. The molecule has 1 heterocycles. The molecule has 0 fully saturated rings. The second kappa shape index (κ2) is 4.31. The molecule has 78 valence electrons. The van der Waals surface area contributed by atoms with E-state index >= 15 is 0 Å². The highest BCUT2D eigenvalue weighted by atomic mass is 32.1. The Kier molecular flexibility index (Phi) is 2.87. The van der Waals surface area contributed by atoms with Crippen LogP contribution in [0.15, 0.2) is 30.3 Å². The molecule has 0 atom stereocenters. The maximum atomic E-state index is 5.57. The molecule has 0 bridgehead atoms. The summed E-state index contributed by atoms with van der Waals surface area (Å²) in [5.41, 5.74) is 6.69. The molecule has 0 aliphatic heterocycles. The SMILES string of the molecule is CCOc1ccc(-c2cc(N)ns2)cc1. The Morgan fingerprint density at radius 3 is 2.60 bits per heavy atom. The van der Waals surface area contributed by atoms with Crippen LogP contribution in [0.1, 0.15) is 6.92 Å². The lowest BCUT2D eigenvalue weighted by Crippen LogP contribution is -1.90. The third-order valence-corrected chi connectivity index (χ3v) is 2.83. The lowest BCUT2D eigenvalue weighted by molar-refractivity contribution is 0.340. The maximum Gasteiger partial charge on any atom is 0.137 e. The fourth-order valence-corrected chi connectivity index (χ4v) is 1.98. The molecule has 1 aromatic carbocycles. The van der Waals surface area contributed by atoms with Gasteiger partial charge < -0.3 is 10.5 Å². The van der Waals surface area contributed by atoms with E-state index in [1.165, 1.54) is 11.5 Å². The highest BCUT2D eigenvalue weighted by Gasteiger charge is 2.02. The quantitative estimate of drug-likeness (QED) is 0.865. The van der Waals surface area contributed by atoms with Gasteiger partial charge in [0, 0.05) is 6.07 Å². The fraction of sp³-hybridized carbons (Fsp3) is 0.182. The zero-order chi connectivity index (χ0) is 10.7. The third-order valence-electron chi connectivity index (χ3n) is 1.98. The van der Waals surface area contributed by atoms with Crippen LogP contribution in [0.4, 0.5) is 5.82 Å². The number of nitrogens with zero attached hydrogens (tertiary/aromatic N) is 1. The third kappa shape index (κ3) is 2.27. The number of hydrogen-bond acceptors (Lipinski definition) is 4. The number of ether oxygens (including phenoxy) is 1. The van der Waals surface area contributed by atoms with E-state index < -0.39 is 0 Å². The summed E-state index contributed by atoms with van der Waals surface area (Å²) in [4.78, 5) is 1.08. The van der Waals surface area contributed by atoms with E-state index in [0.717, 1.165) is 16.2 Å². The molecular formula is C11H12N2OS. The van der Waals surface area contributed by atoms with E-state index in [9.17, 15) is 0 Å². The lowest BCUT2D eigenvalue weighted by Gasteiger charge is -2.02. The molecule has 2 rings (SSSR count). The first-order valence-electron chi connectivity index (χ1n) is 4.75. The number of nitrogens with two attached hydrogens (primary N) is 1. The molecule has 15 heavy (non-hydrogen) atoms. The van der Waals surface area contributed by atoms with Crippen LogP contribution in [0, 0.1) is 0 Å². The molecule has 3 nitrogen and oxygen atoms in total. The van der Waals surface area contributed by atoms with E-state index in [-0.39, 0.29) is 0 Å². The average molecular weight is 220 g/mol. The van der Waals surface area contributed by atoms with Crippen molar-refractivity contribution in [2.75, 3.05) is 12.3 Å². The number of anilines is 1. The largest absolute Gasteiger partial charge is 0.494 e. The van der Waals surface area contributed by atoms with Gasteiger partial charge in [-0.05, 0) is 48.3 Å². The molecule has 0 unspecified atom stereocenters. The summed E-state index contributed by atoms with van der Waals surface area (Å²) in [6.07, 6.45) is 0. The van der Waals surface area contributed by atoms with Crippen LogP contribution in [-0.4, -0.2) is 11.0 Å². The molecule has 0 saturated carbocycles. The second-order valence-corrected chi connectivity index (χ2v) is 3.88. The van der Waals surface area contributed by atoms with Gasteiger partial charge in [0.05, 0.1) is 11.5 Å². The molecule has 0 aliphatic carbocycles. The number of benzene rings is 1. The van der Waals surface area contributed by atoms with Crippen molar-refractivity contribution in [3.05, 3.63) is 30.3 Å². The normalized spacial score (nSPS) is 10.2. The molecule has 0 radical (unpaired) electrons. The Balaban J connectivity index is 2.23. The van der Waals surface area contributed by atoms with Crippen LogP contribution in [0.2, 0.25) is 0 Å². The molecule has 0 saturated heterocycles. The van der Waals surface area contributed by atoms with E-state index in [0.29, 0.717) is 12.4 Å². The van der Waals surface area contributed by atoms with Gasteiger partial charge >= 0.3 is 0 Å². The van der Waals surface area contributed by atoms with Crippen molar-refractivity contribution in [2.24, 2.45) is 0 Å². The van der Waals surface area contributed by atoms with Gasteiger partial charge in [0.25, 0.3) is 0 Å². The Morgan fingerprint density at radius 2 is 2.07 bits per heavy atom. The minimum Gasteiger partial charge on any atom is -0.494 e. The molecule has 1 aromatic heterocycles. The van der Waals surface area contributed by atoms with Crippen molar-refractivity contribution in [1.82, 2.24) is 4.37 Å². The van der Waals surface area contributed by atoms with Crippen molar-refractivity contribution >= 4 is 17.4 Å². The second-order valence-electron chi connectivity index (χ2n) is 3.07. The smallest absolute Gasteiger partial charge is 0.137 e. The van der Waals surface area contributed by atoms with Gasteiger partial charge in [-0.1, -0.05) is 0 Å². The van der Waals surface area contributed by atoms with E-state index in [1.807, 2.05) is 37.3 Å². The summed E-state index contributed by atoms with van der Waals surface area (Å²) in [6, 6.07) is 9.81. The van der Waals surface area contributed by atoms with E-state index in [1.54, 1.807) is 0 Å². The van der Waals surface area contributed by atoms with Gasteiger partial charge in [0.2, 0.25) is 0 Å². The average Bonchev–Trinajstić information content (AvgIpc) is 2.67. The molecular weight excluding hydrogens is 208 g/mol. The zero-order valence-electron chi connectivity index (χ0n) is 8.43. The Hall–Kier alpha value is -1.55. The van der Waals surface area contributed by atoms with Crippen molar-refractivity contribution in [3.63, 3.8) is 0 Å². The van der Waals surface area contributed by atoms with Gasteiger partial charge in [-0.15, -0.1) is 0 Å². The van der Waals surface area contributed by atoms with Gasteiger partial charge in [0.15, 0.2) is 0 Å². The van der Waals surface area contributed by atoms with Crippen molar-refractivity contribution in [2.45, 2.75) is 6.92 Å². The van der Waals surface area contributed by atoms with Gasteiger partial charge in [-0.25, -0.2) is 0 Å². The number of rotatable bonds is 3. The van der Waals surface area contributed by atoms with E-state index in [2.05, 4.69) is 4.37 Å². The highest BCUT2D eigenvalue weighted by molar-refractivity contribution is 7.09. The molecule has 0 aliphatic rings. The minimum atomic E-state index is 0.573. The number of aromatic nitrogens is 1. The Morgan fingerprint density at radius 1 is 1.33 bits per heavy atom. The van der Waals surface area contributed by atoms with E-state index in [4.69, 9.17) is 10.5 Å². The first kappa shape index (κ1) is 9.98. The maximum absolute atomic E-state index is 5.57. The first-order chi connectivity index (χ1) is 7.29.